The Kier molecular flexibility index (Phi) is 4.97. The molecule has 2 nitrogen and oxygen atoms in total. The van der Waals surface area contributed by atoms with Crippen molar-refractivity contribution in [3.63, 3.8) is 0 Å². The van der Waals surface area contributed by atoms with Crippen molar-refractivity contribution in [1.82, 2.24) is 0 Å². The number of rotatable bonds is 8. The Labute approximate surface area is 166 Å². The van der Waals surface area contributed by atoms with E-state index in [1.165, 1.54) is 26.9 Å². The molecule has 0 heterocycles. The van der Waals surface area contributed by atoms with Crippen molar-refractivity contribution in [2.75, 3.05) is 0 Å². The van der Waals surface area contributed by atoms with E-state index in [0.717, 1.165) is 36.6 Å². The van der Waals surface area contributed by atoms with Crippen LogP contribution in [-0.2, 0) is 10.2 Å². The summed E-state index contributed by atoms with van der Waals surface area (Å²) >= 11 is 0. The predicted octanol–water partition coefficient (Wildman–Crippen LogP) is 7.29. The van der Waals surface area contributed by atoms with Gasteiger partial charge in [0.25, 0.3) is 0 Å². The number of carboxylic acid groups (broad SMARTS) is 1. The Morgan fingerprint density at radius 3 is 1.89 bits per heavy atom. The number of carbonyl (C=O) groups is 1. The monoisotopic (exact) mass is 372 g/mol. The Hall–Kier alpha value is -2.61. The van der Waals surface area contributed by atoms with Gasteiger partial charge in [-0.2, -0.15) is 0 Å². The second-order valence-corrected chi connectivity index (χ2v) is 8.06. The molecular weight excluding hydrogens is 344 g/mol. The van der Waals surface area contributed by atoms with Crippen LogP contribution in [0.15, 0.2) is 54.6 Å². The molecule has 0 saturated carbocycles. The molecule has 0 fully saturated rings. The molecule has 0 aliphatic rings. The second kappa shape index (κ2) is 7.43. The lowest BCUT2D eigenvalue weighted by molar-refractivity contribution is -0.144. The highest BCUT2D eigenvalue weighted by Crippen LogP contribution is 2.43. The van der Waals surface area contributed by atoms with E-state index in [9.17, 15) is 9.90 Å². The molecule has 1 N–H and O–H groups in total. The Bertz CT molecular complexity index is 1100. The van der Waals surface area contributed by atoms with Gasteiger partial charge in [0.15, 0.2) is 0 Å². The van der Waals surface area contributed by atoms with Crippen LogP contribution in [0.3, 0.4) is 0 Å². The van der Waals surface area contributed by atoms with Crippen molar-refractivity contribution in [3.8, 4) is 0 Å². The maximum Gasteiger partial charge on any atom is 0.314 e. The SMILES string of the molecule is CCCCC(CCCC)(C(=O)O)c1ccc2ccc3cccc4ccc1c2c34. The molecule has 0 aliphatic heterocycles. The van der Waals surface area contributed by atoms with Crippen LogP contribution >= 0.6 is 0 Å². The molecule has 4 rings (SSSR count). The summed E-state index contributed by atoms with van der Waals surface area (Å²) in [7, 11) is 0. The van der Waals surface area contributed by atoms with Crippen LogP contribution in [0.2, 0.25) is 0 Å². The molecule has 0 unspecified atom stereocenters. The molecule has 0 aliphatic carbocycles. The Balaban J connectivity index is 2.05. The van der Waals surface area contributed by atoms with Crippen molar-refractivity contribution < 1.29 is 9.90 Å². The molecule has 0 spiro atoms. The van der Waals surface area contributed by atoms with E-state index in [-0.39, 0.29) is 0 Å². The molecule has 0 radical (unpaired) electrons. The van der Waals surface area contributed by atoms with Crippen LogP contribution in [0.1, 0.15) is 57.9 Å². The Morgan fingerprint density at radius 2 is 1.32 bits per heavy atom. The van der Waals surface area contributed by atoms with Gasteiger partial charge < -0.3 is 5.11 Å². The first-order chi connectivity index (χ1) is 13.6. The number of hydrogen-bond acceptors (Lipinski definition) is 1. The van der Waals surface area contributed by atoms with Crippen molar-refractivity contribution in [1.29, 1.82) is 0 Å². The summed E-state index contributed by atoms with van der Waals surface area (Å²) in [5.41, 5.74) is 0.182. The minimum Gasteiger partial charge on any atom is -0.481 e. The van der Waals surface area contributed by atoms with Gasteiger partial charge in [-0.1, -0.05) is 94.1 Å². The third kappa shape index (κ3) is 2.83. The fourth-order valence-corrected chi connectivity index (χ4v) is 4.83. The van der Waals surface area contributed by atoms with Gasteiger partial charge in [0, 0.05) is 0 Å². The van der Waals surface area contributed by atoms with Crippen LogP contribution in [0, 0.1) is 0 Å². The van der Waals surface area contributed by atoms with Gasteiger partial charge in [-0.3, -0.25) is 4.79 Å². The number of aliphatic carboxylic acids is 1. The zero-order chi connectivity index (χ0) is 19.7. The number of hydrogen-bond donors (Lipinski definition) is 1. The highest BCUT2D eigenvalue weighted by Gasteiger charge is 2.40. The van der Waals surface area contributed by atoms with Gasteiger partial charge in [-0.05, 0) is 50.7 Å². The van der Waals surface area contributed by atoms with Gasteiger partial charge in [0.2, 0.25) is 0 Å². The highest BCUT2D eigenvalue weighted by atomic mass is 16.4. The fraction of sp³-hybridized carbons (Fsp3) is 0.346. The molecule has 0 aromatic heterocycles. The molecule has 0 bridgehead atoms. The van der Waals surface area contributed by atoms with Gasteiger partial charge in [0.1, 0.15) is 0 Å². The van der Waals surface area contributed by atoms with Crippen molar-refractivity contribution in [2.24, 2.45) is 0 Å². The smallest absolute Gasteiger partial charge is 0.314 e. The van der Waals surface area contributed by atoms with Gasteiger partial charge in [0.05, 0.1) is 5.41 Å². The molecule has 144 valence electrons. The first-order valence-corrected chi connectivity index (χ1v) is 10.5. The number of benzene rings is 4. The van der Waals surface area contributed by atoms with Crippen molar-refractivity contribution >= 4 is 38.3 Å². The molecular formula is C26H28O2. The predicted molar refractivity (Wildman–Crippen MR) is 119 cm³/mol. The van der Waals surface area contributed by atoms with E-state index in [1.807, 2.05) is 0 Å². The summed E-state index contributed by atoms with van der Waals surface area (Å²) in [5, 5.41) is 17.6. The van der Waals surface area contributed by atoms with E-state index in [1.54, 1.807) is 0 Å². The van der Waals surface area contributed by atoms with E-state index >= 15 is 0 Å². The van der Waals surface area contributed by atoms with Crippen LogP contribution in [0.4, 0.5) is 0 Å². The molecule has 2 heteroatoms. The van der Waals surface area contributed by atoms with Gasteiger partial charge in [-0.25, -0.2) is 0 Å². The van der Waals surface area contributed by atoms with Crippen LogP contribution in [0.25, 0.3) is 32.3 Å². The standard InChI is InChI=1S/C26H28O2/c1-3-5-16-26(25(27)28,17-6-4-2)22-15-13-20-11-10-18-8-7-9-19-12-14-21(22)24(20)23(18)19/h7-15H,3-6,16-17H2,1-2H3,(H,27,28). The van der Waals surface area contributed by atoms with Crippen LogP contribution in [-0.4, -0.2) is 11.1 Å². The average molecular weight is 373 g/mol. The van der Waals surface area contributed by atoms with E-state index in [2.05, 4.69) is 68.4 Å². The quantitative estimate of drug-likeness (QED) is 0.330. The number of unbranched alkanes of at least 4 members (excludes halogenated alkanes) is 2. The molecule has 4 aromatic rings. The Morgan fingerprint density at radius 1 is 0.786 bits per heavy atom. The van der Waals surface area contributed by atoms with E-state index < -0.39 is 11.4 Å². The summed E-state index contributed by atoms with van der Waals surface area (Å²) in [6.45, 7) is 4.27. The average Bonchev–Trinajstić information content (AvgIpc) is 2.72. The van der Waals surface area contributed by atoms with Crippen LogP contribution in [0.5, 0.6) is 0 Å². The third-order valence-electron chi connectivity index (χ3n) is 6.37. The van der Waals surface area contributed by atoms with Crippen molar-refractivity contribution in [3.05, 3.63) is 60.2 Å². The number of carboxylic acids is 1. The topological polar surface area (TPSA) is 37.3 Å². The zero-order valence-electron chi connectivity index (χ0n) is 16.8. The normalized spacial score (nSPS) is 12.4. The first kappa shape index (κ1) is 18.7. The van der Waals surface area contributed by atoms with E-state index in [0.29, 0.717) is 12.8 Å². The maximum absolute atomic E-state index is 12.7. The molecule has 4 aromatic carbocycles. The van der Waals surface area contributed by atoms with E-state index in [4.69, 9.17) is 0 Å². The lowest BCUT2D eigenvalue weighted by Gasteiger charge is -2.32. The summed E-state index contributed by atoms with van der Waals surface area (Å²) < 4.78 is 0. The molecule has 28 heavy (non-hydrogen) atoms. The third-order valence-corrected chi connectivity index (χ3v) is 6.37. The maximum atomic E-state index is 12.7. The summed E-state index contributed by atoms with van der Waals surface area (Å²) in [6, 6.07) is 19.2. The minimum atomic E-state index is -0.811. The second-order valence-electron chi connectivity index (χ2n) is 8.06. The highest BCUT2D eigenvalue weighted by molar-refractivity contribution is 6.24. The minimum absolute atomic E-state index is 0.676. The molecule has 0 atom stereocenters. The zero-order valence-corrected chi connectivity index (χ0v) is 16.8. The lowest BCUT2D eigenvalue weighted by Crippen LogP contribution is -2.36. The molecule has 0 saturated heterocycles. The summed E-state index contributed by atoms with van der Waals surface area (Å²) in [5.74, 6) is -0.676. The largest absolute Gasteiger partial charge is 0.481 e. The van der Waals surface area contributed by atoms with Crippen LogP contribution < -0.4 is 0 Å². The fourth-order valence-electron chi connectivity index (χ4n) is 4.83. The summed E-state index contributed by atoms with van der Waals surface area (Å²) in [6.07, 6.45) is 5.27. The van der Waals surface area contributed by atoms with Gasteiger partial charge >= 0.3 is 5.97 Å². The lowest BCUT2D eigenvalue weighted by atomic mass is 9.70. The first-order valence-electron chi connectivity index (χ1n) is 10.5. The molecule has 0 amide bonds. The van der Waals surface area contributed by atoms with Crippen molar-refractivity contribution in [2.45, 2.75) is 57.8 Å². The summed E-state index contributed by atoms with van der Waals surface area (Å²) in [4.78, 5) is 12.7. The van der Waals surface area contributed by atoms with Gasteiger partial charge in [-0.15, -0.1) is 0 Å².